The van der Waals surface area contributed by atoms with Gasteiger partial charge in [-0.1, -0.05) is 0 Å². The second kappa shape index (κ2) is 5.47. The molecule has 1 aliphatic heterocycles. The molecule has 0 spiro atoms. The Morgan fingerprint density at radius 1 is 1.27 bits per heavy atom. The fourth-order valence-corrected chi connectivity index (χ4v) is 4.03. The molecule has 0 aromatic carbocycles. The van der Waals surface area contributed by atoms with E-state index in [9.17, 15) is 4.79 Å². The van der Waals surface area contributed by atoms with Crippen LogP contribution >= 0.6 is 11.3 Å². The third-order valence-electron chi connectivity index (χ3n) is 4.51. The van der Waals surface area contributed by atoms with Crippen LogP contribution < -0.4 is 0 Å². The van der Waals surface area contributed by atoms with Gasteiger partial charge in [-0.2, -0.15) is 0 Å². The molecule has 114 valence electrons. The topological polar surface area (TPSA) is 46.1 Å². The minimum Gasteiger partial charge on any atom is -0.337 e. The lowest BCUT2D eigenvalue weighted by Gasteiger charge is -2.19. The van der Waals surface area contributed by atoms with Crippen LogP contribution in [0.1, 0.15) is 50.9 Å². The first-order chi connectivity index (χ1) is 10.7. The molecule has 0 saturated heterocycles. The van der Waals surface area contributed by atoms with Crippen LogP contribution in [-0.2, 0) is 12.8 Å². The number of aromatic nitrogens is 2. The second-order valence-electron chi connectivity index (χ2n) is 6.24. The Labute approximate surface area is 134 Å². The molecular weight excluding hydrogens is 294 g/mol. The highest BCUT2D eigenvalue weighted by Gasteiger charge is 2.30. The lowest BCUT2D eigenvalue weighted by atomic mass is 10.0. The lowest BCUT2D eigenvalue weighted by molar-refractivity contribution is 0.0767. The van der Waals surface area contributed by atoms with Gasteiger partial charge in [0.15, 0.2) is 0 Å². The van der Waals surface area contributed by atoms with Crippen LogP contribution in [0.3, 0.4) is 0 Å². The molecule has 3 heterocycles. The maximum absolute atomic E-state index is 12.6. The van der Waals surface area contributed by atoms with Gasteiger partial charge in [0.25, 0.3) is 5.91 Å². The summed E-state index contributed by atoms with van der Waals surface area (Å²) >= 11 is 1.54. The first-order valence-electron chi connectivity index (χ1n) is 7.89. The largest absolute Gasteiger partial charge is 0.337 e. The van der Waals surface area contributed by atoms with E-state index < -0.39 is 0 Å². The van der Waals surface area contributed by atoms with Crippen LogP contribution in [0.5, 0.6) is 0 Å². The van der Waals surface area contributed by atoms with Gasteiger partial charge in [-0.15, -0.1) is 11.3 Å². The average Bonchev–Trinajstić information content (AvgIpc) is 3.31. The lowest BCUT2D eigenvalue weighted by Crippen LogP contribution is -2.32. The number of amides is 1. The molecule has 22 heavy (non-hydrogen) atoms. The highest BCUT2D eigenvalue weighted by Crippen LogP contribution is 2.41. The number of thiophene rings is 1. The van der Waals surface area contributed by atoms with E-state index in [1.54, 1.807) is 17.7 Å². The van der Waals surface area contributed by atoms with E-state index in [0.717, 1.165) is 42.1 Å². The zero-order valence-corrected chi connectivity index (χ0v) is 13.5. The first kappa shape index (κ1) is 13.9. The Morgan fingerprint density at radius 2 is 2.09 bits per heavy atom. The van der Waals surface area contributed by atoms with E-state index in [4.69, 9.17) is 0 Å². The molecule has 2 aromatic rings. The quantitative estimate of drug-likeness (QED) is 0.856. The molecule has 0 radical (unpaired) electrons. The van der Waals surface area contributed by atoms with Crippen molar-refractivity contribution in [1.29, 1.82) is 0 Å². The summed E-state index contributed by atoms with van der Waals surface area (Å²) < 4.78 is 0. The van der Waals surface area contributed by atoms with Crippen molar-refractivity contribution < 1.29 is 4.79 Å². The van der Waals surface area contributed by atoms with E-state index in [0.29, 0.717) is 5.92 Å². The van der Waals surface area contributed by atoms with Gasteiger partial charge in [0.05, 0.1) is 10.6 Å². The summed E-state index contributed by atoms with van der Waals surface area (Å²) in [5.41, 5.74) is 4.86. The van der Waals surface area contributed by atoms with E-state index >= 15 is 0 Å². The molecule has 1 fully saturated rings. The first-order valence-corrected chi connectivity index (χ1v) is 8.77. The Morgan fingerprint density at radius 3 is 2.82 bits per heavy atom. The number of hydrogen-bond acceptors (Lipinski definition) is 4. The van der Waals surface area contributed by atoms with Crippen molar-refractivity contribution in [2.75, 3.05) is 13.1 Å². The van der Waals surface area contributed by atoms with Gasteiger partial charge in [-0.3, -0.25) is 4.79 Å². The molecule has 2 aromatic heterocycles. The number of hydrogen-bond donors (Lipinski definition) is 0. The number of aryl methyl sites for hydroxylation is 1. The summed E-state index contributed by atoms with van der Waals surface area (Å²) in [4.78, 5) is 24.5. The van der Waals surface area contributed by atoms with Gasteiger partial charge in [0.1, 0.15) is 6.33 Å². The van der Waals surface area contributed by atoms with Gasteiger partial charge < -0.3 is 4.90 Å². The fraction of sp³-hybridized carbons (Fsp3) is 0.471. The van der Waals surface area contributed by atoms with Crippen LogP contribution in [0.2, 0.25) is 0 Å². The molecule has 0 atom stereocenters. The summed E-state index contributed by atoms with van der Waals surface area (Å²) in [5, 5.41) is 2.04. The van der Waals surface area contributed by atoms with Crippen molar-refractivity contribution in [1.82, 2.24) is 14.9 Å². The predicted molar refractivity (Wildman–Crippen MR) is 86.4 cm³/mol. The summed E-state index contributed by atoms with van der Waals surface area (Å²) in [6.07, 6.45) is 5.93. The number of rotatable bonds is 2. The van der Waals surface area contributed by atoms with Crippen molar-refractivity contribution >= 4 is 17.2 Å². The predicted octanol–water partition coefficient (Wildman–Crippen LogP) is 2.96. The molecule has 1 saturated carbocycles. The summed E-state index contributed by atoms with van der Waals surface area (Å²) in [6.45, 7) is 3.56. The van der Waals surface area contributed by atoms with Gasteiger partial charge in [-0.05, 0) is 48.8 Å². The van der Waals surface area contributed by atoms with E-state index in [1.165, 1.54) is 24.1 Å². The molecule has 5 heteroatoms. The van der Waals surface area contributed by atoms with Crippen molar-refractivity contribution in [2.45, 2.75) is 38.5 Å². The van der Waals surface area contributed by atoms with Crippen molar-refractivity contribution in [2.24, 2.45) is 0 Å². The van der Waals surface area contributed by atoms with Gasteiger partial charge in [0.2, 0.25) is 0 Å². The summed E-state index contributed by atoms with van der Waals surface area (Å²) in [6, 6.07) is 1.99. The number of carbonyl (C=O) groups excluding carboxylic acids is 1. The minimum absolute atomic E-state index is 0.159. The van der Waals surface area contributed by atoms with E-state index in [1.807, 2.05) is 23.3 Å². The third kappa shape index (κ3) is 2.54. The minimum atomic E-state index is 0.159. The Hall–Kier alpha value is -1.75. The molecule has 2 aliphatic rings. The molecule has 0 unspecified atom stereocenters. The van der Waals surface area contributed by atoms with Crippen LogP contribution in [0, 0.1) is 6.92 Å². The number of fused-ring (bicyclic) bond motifs is 1. The Kier molecular flexibility index (Phi) is 3.45. The van der Waals surface area contributed by atoms with Gasteiger partial charge in [-0.25, -0.2) is 9.97 Å². The summed E-state index contributed by atoms with van der Waals surface area (Å²) in [7, 11) is 0. The van der Waals surface area contributed by atoms with Crippen LogP contribution in [0.4, 0.5) is 0 Å². The van der Waals surface area contributed by atoms with Crippen molar-refractivity contribution in [3.63, 3.8) is 0 Å². The summed E-state index contributed by atoms with van der Waals surface area (Å²) in [5.74, 6) is 0.797. The second-order valence-corrected chi connectivity index (χ2v) is 7.15. The zero-order valence-electron chi connectivity index (χ0n) is 12.7. The van der Waals surface area contributed by atoms with Gasteiger partial charge >= 0.3 is 0 Å². The Bertz CT molecular complexity index is 720. The van der Waals surface area contributed by atoms with E-state index in [-0.39, 0.29) is 5.91 Å². The molecular formula is C17H19N3OS. The highest BCUT2D eigenvalue weighted by atomic mass is 32.1. The third-order valence-corrected chi connectivity index (χ3v) is 5.55. The molecule has 1 aliphatic carbocycles. The van der Waals surface area contributed by atoms with Crippen LogP contribution in [0.25, 0.3) is 0 Å². The number of carbonyl (C=O) groups is 1. The number of nitrogens with zero attached hydrogens (tertiary/aromatic N) is 3. The maximum Gasteiger partial charge on any atom is 0.263 e. The standard InChI is InChI=1S/C17H19N3OS/c1-11-8-15(22-9-11)17(21)20-6-4-13-14(5-7-20)18-10-19-16(13)12-2-3-12/h8-10,12H,2-7H2,1H3. The monoisotopic (exact) mass is 313 g/mol. The molecule has 0 bridgehead atoms. The molecule has 0 N–H and O–H groups in total. The smallest absolute Gasteiger partial charge is 0.263 e. The average molecular weight is 313 g/mol. The van der Waals surface area contributed by atoms with Crippen molar-refractivity contribution in [3.05, 3.63) is 45.2 Å². The Balaban J connectivity index is 1.56. The zero-order chi connectivity index (χ0) is 15.1. The fourth-order valence-electron chi connectivity index (χ4n) is 3.16. The maximum atomic E-state index is 12.6. The van der Waals surface area contributed by atoms with E-state index in [2.05, 4.69) is 9.97 Å². The highest BCUT2D eigenvalue weighted by molar-refractivity contribution is 7.12. The molecule has 1 amide bonds. The normalized spacial score (nSPS) is 18.0. The van der Waals surface area contributed by atoms with Crippen molar-refractivity contribution in [3.8, 4) is 0 Å². The van der Waals surface area contributed by atoms with Crippen LogP contribution in [-0.4, -0.2) is 33.9 Å². The SMILES string of the molecule is Cc1csc(C(=O)N2CCc3ncnc(C4CC4)c3CC2)c1. The molecule has 4 nitrogen and oxygen atoms in total. The van der Waals surface area contributed by atoms with Gasteiger partial charge in [0, 0.05) is 31.1 Å². The van der Waals surface area contributed by atoms with Crippen LogP contribution in [0.15, 0.2) is 17.8 Å². The molecule has 4 rings (SSSR count).